The van der Waals surface area contributed by atoms with E-state index < -0.39 is 0 Å². The van der Waals surface area contributed by atoms with Crippen LogP contribution in [0.2, 0.25) is 5.15 Å². The van der Waals surface area contributed by atoms with Crippen molar-refractivity contribution in [3.05, 3.63) is 64.2 Å². The van der Waals surface area contributed by atoms with Gasteiger partial charge in [-0.15, -0.1) is 0 Å². The molecule has 0 aliphatic rings. The van der Waals surface area contributed by atoms with Crippen LogP contribution < -0.4 is 4.74 Å². The van der Waals surface area contributed by atoms with Crippen molar-refractivity contribution >= 4 is 38.4 Å². The summed E-state index contributed by atoms with van der Waals surface area (Å²) in [6.45, 7) is 0. The molecule has 0 amide bonds. The summed E-state index contributed by atoms with van der Waals surface area (Å²) < 4.78 is 6.86. The molecule has 0 radical (unpaired) electrons. The van der Waals surface area contributed by atoms with Crippen LogP contribution in [-0.2, 0) is 0 Å². The van der Waals surface area contributed by atoms with Gasteiger partial charge >= 0.3 is 0 Å². The van der Waals surface area contributed by atoms with Gasteiger partial charge in [0.05, 0.1) is 5.52 Å². The van der Waals surface area contributed by atoms with Crippen molar-refractivity contribution in [3.8, 4) is 11.5 Å². The second kappa shape index (κ2) is 5.19. The second-order valence-electron chi connectivity index (χ2n) is 4.02. The molecule has 2 aromatic carbocycles. The highest BCUT2D eigenvalue weighted by atomic mass is 79.9. The normalized spacial score (nSPS) is 10.6. The molecule has 4 heteroatoms. The maximum Gasteiger partial charge on any atom is 0.139 e. The maximum atomic E-state index is 6.03. The molecule has 0 N–H and O–H groups in total. The first-order valence-corrected chi connectivity index (χ1v) is 6.88. The minimum atomic E-state index is 0.417. The average molecular weight is 335 g/mol. The van der Waals surface area contributed by atoms with Crippen molar-refractivity contribution < 1.29 is 4.74 Å². The molecule has 1 aromatic heterocycles. The lowest BCUT2D eigenvalue weighted by molar-refractivity contribution is 0.488. The molecule has 1 heterocycles. The fraction of sp³-hybridized carbons (Fsp3) is 0. The molecule has 0 unspecified atom stereocenters. The number of nitrogens with zero attached hydrogens (tertiary/aromatic N) is 1. The van der Waals surface area contributed by atoms with Crippen molar-refractivity contribution in [2.75, 3.05) is 0 Å². The van der Waals surface area contributed by atoms with E-state index in [2.05, 4.69) is 20.9 Å². The van der Waals surface area contributed by atoms with Gasteiger partial charge in [0, 0.05) is 15.9 Å². The Morgan fingerprint density at radius 1 is 1.00 bits per heavy atom. The first-order valence-electron chi connectivity index (χ1n) is 5.71. The topological polar surface area (TPSA) is 22.1 Å². The Kier molecular flexibility index (Phi) is 3.40. The van der Waals surface area contributed by atoms with Gasteiger partial charge in [0.25, 0.3) is 0 Å². The predicted octanol–water partition coefficient (Wildman–Crippen LogP) is 5.44. The SMILES string of the molecule is Clc1cc(Oc2ccccc2)c2cc(Br)ccc2n1. The first kappa shape index (κ1) is 12.5. The van der Waals surface area contributed by atoms with Crippen LogP contribution in [0, 0.1) is 0 Å². The smallest absolute Gasteiger partial charge is 0.139 e. The molecule has 0 saturated heterocycles. The zero-order valence-corrected chi connectivity index (χ0v) is 12.1. The first-order chi connectivity index (χ1) is 9.22. The molecule has 2 nitrogen and oxygen atoms in total. The molecule has 19 heavy (non-hydrogen) atoms. The Morgan fingerprint density at radius 3 is 2.58 bits per heavy atom. The summed E-state index contributed by atoms with van der Waals surface area (Å²) in [7, 11) is 0. The average Bonchev–Trinajstić information content (AvgIpc) is 2.41. The number of ether oxygens (including phenoxy) is 1. The molecule has 94 valence electrons. The van der Waals surface area contributed by atoms with Crippen LogP contribution in [0.5, 0.6) is 11.5 Å². The predicted molar refractivity (Wildman–Crippen MR) is 81.0 cm³/mol. The standard InChI is InChI=1S/C15H9BrClNO/c16-10-6-7-13-12(8-10)14(9-15(17)18-13)19-11-4-2-1-3-5-11/h1-9H. The van der Waals surface area contributed by atoms with E-state index in [1.807, 2.05) is 48.5 Å². The lowest BCUT2D eigenvalue weighted by Crippen LogP contribution is -1.88. The number of fused-ring (bicyclic) bond motifs is 1. The van der Waals surface area contributed by atoms with E-state index in [1.54, 1.807) is 6.07 Å². The second-order valence-corrected chi connectivity index (χ2v) is 5.32. The van der Waals surface area contributed by atoms with Crippen LogP contribution >= 0.6 is 27.5 Å². The van der Waals surface area contributed by atoms with Gasteiger partial charge in [-0.3, -0.25) is 0 Å². The lowest BCUT2D eigenvalue weighted by Gasteiger charge is -2.09. The van der Waals surface area contributed by atoms with Gasteiger partial charge in [-0.1, -0.05) is 45.7 Å². The van der Waals surface area contributed by atoms with E-state index in [4.69, 9.17) is 16.3 Å². The fourth-order valence-corrected chi connectivity index (χ4v) is 2.39. The summed E-state index contributed by atoms with van der Waals surface area (Å²) in [5.41, 5.74) is 0.807. The monoisotopic (exact) mass is 333 g/mol. The van der Waals surface area contributed by atoms with E-state index in [-0.39, 0.29) is 0 Å². The molecule has 0 aliphatic heterocycles. The van der Waals surface area contributed by atoms with E-state index in [9.17, 15) is 0 Å². The molecule has 0 spiro atoms. The highest BCUT2D eigenvalue weighted by Gasteiger charge is 2.07. The zero-order chi connectivity index (χ0) is 13.2. The lowest BCUT2D eigenvalue weighted by atomic mass is 10.2. The molecule has 0 saturated carbocycles. The van der Waals surface area contributed by atoms with E-state index in [0.29, 0.717) is 10.9 Å². The van der Waals surface area contributed by atoms with Crippen LogP contribution in [-0.4, -0.2) is 4.98 Å². The number of rotatable bonds is 2. The highest BCUT2D eigenvalue weighted by Crippen LogP contribution is 2.32. The number of para-hydroxylation sites is 1. The minimum Gasteiger partial charge on any atom is -0.457 e. The number of hydrogen-bond donors (Lipinski definition) is 0. The van der Waals surface area contributed by atoms with Crippen LogP contribution in [0.4, 0.5) is 0 Å². The highest BCUT2D eigenvalue weighted by molar-refractivity contribution is 9.10. The number of hydrogen-bond acceptors (Lipinski definition) is 2. The summed E-state index contributed by atoms with van der Waals surface area (Å²) in [5, 5.41) is 1.34. The molecular formula is C15H9BrClNO. The zero-order valence-electron chi connectivity index (χ0n) is 9.81. The van der Waals surface area contributed by atoms with E-state index in [0.717, 1.165) is 21.1 Å². The third-order valence-electron chi connectivity index (χ3n) is 2.67. The van der Waals surface area contributed by atoms with Gasteiger partial charge in [0.15, 0.2) is 0 Å². The molecule has 0 fully saturated rings. The van der Waals surface area contributed by atoms with E-state index in [1.165, 1.54) is 0 Å². The van der Waals surface area contributed by atoms with E-state index >= 15 is 0 Å². The molecule has 0 bridgehead atoms. The largest absolute Gasteiger partial charge is 0.457 e. The minimum absolute atomic E-state index is 0.417. The summed E-state index contributed by atoms with van der Waals surface area (Å²) in [6.07, 6.45) is 0. The summed E-state index contributed by atoms with van der Waals surface area (Å²) in [4.78, 5) is 4.28. The van der Waals surface area contributed by atoms with Crippen LogP contribution in [0.25, 0.3) is 10.9 Å². The maximum absolute atomic E-state index is 6.03. The molecular weight excluding hydrogens is 326 g/mol. The van der Waals surface area contributed by atoms with Crippen LogP contribution in [0.1, 0.15) is 0 Å². The summed E-state index contributed by atoms with van der Waals surface area (Å²) >= 11 is 9.48. The summed E-state index contributed by atoms with van der Waals surface area (Å²) in [5.74, 6) is 1.47. The van der Waals surface area contributed by atoms with Crippen molar-refractivity contribution in [1.29, 1.82) is 0 Å². The Labute approximate surface area is 124 Å². The van der Waals surface area contributed by atoms with Gasteiger partial charge in [-0.2, -0.15) is 0 Å². The number of aromatic nitrogens is 1. The quantitative estimate of drug-likeness (QED) is 0.582. The fourth-order valence-electron chi connectivity index (χ4n) is 1.84. The number of halogens is 2. The molecule has 0 atom stereocenters. The third kappa shape index (κ3) is 2.72. The van der Waals surface area contributed by atoms with Crippen molar-refractivity contribution in [2.45, 2.75) is 0 Å². The van der Waals surface area contributed by atoms with Gasteiger partial charge < -0.3 is 4.74 Å². The Bertz CT molecular complexity index is 731. The van der Waals surface area contributed by atoms with Crippen LogP contribution in [0.15, 0.2) is 59.1 Å². The van der Waals surface area contributed by atoms with Crippen molar-refractivity contribution in [1.82, 2.24) is 4.98 Å². The molecule has 3 aromatic rings. The van der Waals surface area contributed by atoms with Gasteiger partial charge in [-0.25, -0.2) is 4.98 Å². The van der Waals surface area contributed by atoms with Crippen molar-refractivity contribution in [2.24, 2.45) is 0 Å². The Balaban J connectivity index is 2.14. The third-order valence-corrected chi connectivity index (χ3v) is 3.36. The Hall–Kier alpha value is -1.58. The van der Waals surface area contributed by atoms with Crippen LogP contribution in [0.3, 0.4) is 0 Å². The molecule has 0 aliphatic carbocycles. The number of benzene rings is 2. The van der Waals surface area contributed by atoms with Crippen molar-refractivity contribution in [3.63, 3.8) is 0 Å². The van der Waals surface area contributed by atoms with Gasteiger partial charge in [0.1, 0.15) is 16.7 Å². The number of pyridine rings is 1. The Morgan fingerprint density at radius 2 is 1.79 bits per heavy atom. The molecule has 3 rings (SSSR count). The van der Waals surface area contributed by atoms with Gasteiger partial charge in [0.2, 0.25) is 0 Å². The van der Waals surface area contributed by atoms with Gasteiger partial charge in [-0.05, 0) is 30.3 Å². The summed E-state index contributed by atoms with van der Waals surface area (Å²) in [6, 6.07) is 17.1.